The van der Waals surface area contributed by atoms with Crippen molar-refractivity contribution in [2.75, 3.05) is 11.8 Å². The van der Waals surface area contributed by atoms with Crippen LogP contribution in [0.1, 0.15) is 10.5 Å². The molecule has 9 heteroatoms. The Kier molecular flexibility index (Phi) is 4.56. The third-order valence-corrected chi connectivity index (χ3v) is 5.04. The van der Waals surface area contributed by atoms with Crippen molar-refractivity contribution in [1.29, 1.82) is 0 Å². The van der Waals surface area contributed by atoms with Crippen LogP contribution in [0.4, 0.5) is 5.69 Å². The number of methoxy groups -OCH3 is 1. The molecule has 0 unspecified atom stereocenters. The molecule has 0 aliphatic heterocycles. The topological polar surface area (TPSA) is 93.2 Å². The number of sulfonamides is 1. The molecular weight excluding hydrogens is 366 g/mol. The highest BCUT2D eigenvalue weighted by molar-refractivity contribution is 7.92. The van der Waals surface area contributed by atoms with Gasteiger partial charge in [0.25, 0.3) is 10.0 Å². The summed E-state index contributed by atoms with van der Waals surface area (Å²) in [6, 6.07) is 9.64. The standard InChI is InChI=1S/C16H14ClN3O4S/c1-24-16(21)14-9-12(10-18-14)25(22,23)19-13-5-4-11(17)8-15(13)20-6-2-3-7-20/h2-10,18-19H,1H3. The largest absolute Gasteiger partial charge is 0.464 e. The minimum absolute atomic E-state index is 0.0459. The van der Waals surface area contributed by atoms with Crippen LogP contribution >= 0.6 is 11.6 Å². The molecule has 7 nitrogen and oxygen atoms in total. The zero-order valence-electron chi connectivity index (χ0n) is 13.1. The van der Waals surface area contributed by atoms with Gasteiger partial charge in [0.1, 0.15) is 10.6 Å². The summed E-state index contributed by atoms with van der Waals surface area (Å²) < 4.78 is 34.0. The quantitative estimate of drug-likeness (QED) is 0.666. The number of carbonyl (C=O) groups is 1. The first-order valence-corrected chi connectivity index (χ1v) is 8.99. The van der Waals surface area contributed by atoms with E-state index >= 15 is 0 Å². The average Bonchev–Trinajstić information content (AvgIpc) is 3.27. The van der Waals surface area contributed by atoms with Gasteiger partial charge >= 0.3 is 5.97 Å². The van der Waals surface area contributed by atoms with Gasteiger partial charge in [0.15, 0.2) is 0 Å². The van der Waals surface area contributed by atoms with E-state index in [4.69, 9.17) is 11.6 Å². The Labute approximate surface area is 149 Å². The normalized spacial score (nSPS) is 11.3. The summed E-state index contributed by atoms with van der Waals surface area (Å²) in [6.45, 7) is 0. The lowest BCUT2D eigenvalue weighted by atomic mass is 10.2. The predicted molar refractivity (Wildman–Crippen MR) is 93.7 cm³/mol. The maximum atomic E-state index is 12.6. The van der Waals surface area contributed by atoms with Crippen molar-refractivity contribution in [3.63, 3.8) is 0 Å². The predicted octanol–water partition coefficient (Wildman–Crippen LogP) is 3.05. The highest BCUT2D eigenvalue weighted by Crippen LogP contribution is 2.27. The first-order chi connectivity index (χ1) is 11.9. The van der Waals surface area contributed by atoms with E-state index in [0.29, 0.717) is 16.4 Å². The number of anilines is 1. The van der Waals surface area contributed by atoms with E-state index in [9.17, 15) is 13.2 Å². The van der Waals surface area contributed by atoms with Crippen LogP contribution in [0.3, 0.4) is 0 Å². The summed E-state index contributed by atoms with van der Waals surface area (Å²) in [4.78, 5) is 14.0. The second-order valence-electron chi connectivity index (χ2n) is 5.10. The van der Waals surface area contributed by atoms with Gasteiger partial charge in [-0.05, 0) is 36.4 Å². The lowest BCUT2D eigenvalue weighted by molar-refractivity contribution is 0.0595. The van der Waals surface area contributed by atoms with Crippen LogP contribution in [-0.4, -0.2) is 31.0 Å². The van der Waals surface area contributed by atoms with Gasteiger partial charge in [0.05, 0.1) is 18.5 Å². The number of ether oxygens (including phenoxy) is 1. The van der Waals surface area contributed by atoms with E-state index in [2.05, 4.69) is 14.4 Å². The minimum atomic E-state index is -3.91. The Hall–Kier alpha value is -2.71. The fraction of sp³-hybridized carbons (Fsp3) is 0.0625. The van der Waals surface area contributed by atoms with E-state index in [-0.39, 0.29) is 10.6 Å². The molecule has 25 heavy (non-hydrogen) atoms. The van der Waals surface area contributed by atoms with Crippen LogP contribution in [-0.2, 0) is 14.8 Å². The van der Waals surface area contributed by atoms with Crippen LogP contribution in [0.5, 0.6) is 0 Å². The summed E-state index contributed by atoms with van der Waals surface area (Å²) in [6.07, 6.45) is 4.77. The highest BCUT2D eigenvalue weighted by atomic mass is 35.5. The Bertz CT molecular complexity index is 1010. The van der Waals surface area contributed by atoms with Crippen LogP contribution in [0.2, 0.25) is 5.02 Å². The Morgan fingerprint density at radius 1 is 1.24 bits per heavy atom. The minimum Gasteiger partial charge on any atom is -0.464 e. The molecule has 2 heterocycles. The number of hydrogen-bond acceptors (Lipinski definition) is 4. The van der Waals surface area contributed by atoms with Crippen molar-refractivity contribution in [3.05, 3.63) is 65.7 Å². The summed E-state index contributed by atoms with van der Waals surface area (Å²) in [5.74, 6) is -0.652. The molecule has 1 aromatic carbocycles. The Morgan fingerprint density at radius 2 is 1.96 bits per heavy atom. The number of rotatable bonds is 5. The monoisotopic (exact) mass is 379 g/mol. The molecule has 2 aromatic heterocycles. The molecule has 0 aliphatic rings. The van der Waals surface area contributed by atoms with E-state index in [0.717, 1.165) is 0 Å². The zero-order chi connectivity index (χ0) is 18.0. The maximum absolute atomic E-state index is 12.6. The van der Waals surface area contributed by atoms with E-state index in [1.54, 1.807) is 35.2 Å². The van der Waals surface area contributed by atoms with E-state index in [1.165, 1.54) is 19.4 Å². The molecule has 0 atom stereocenters. The molecular formula is C16H14ClN3O4S. The molecule has 0 aliphatic carbocycles. The fourth-order valence-corrected chi connectivity index (χ4v) is 3.49. The number of aromatic amines is 1. The molecule has 0 spiro atoms. The van der Waals surface area contributed by atoms with Gasteiger partial charge in [-0.1, -0.05) is 11.6 Å². The lowest BCUT2D eigenvalue weighted by Crippen LogP contribution is -2.14. The van der Waals surface area contributed by atoms with Gasteiger partial charge in [0, 0.05) is 23.6 Å². The molecule has 0 fully saturated rings. The SMILES string of the molecule is COC(=O)c1cc(S(=O)(=O)Nc2ccc(Cl)cc2-n2cccc2)c[nH]1. The molecule has 0 bridgehead atoms. The van der Waals surface area contributed by atoms with Crippen molar-refractivity contribution in [1.82, 2.24) is 9.55 Å². The summed E-state index contributed by atoms with van der Waals surface area (Å²) >= 11 is 6.03. The Balaban J connectivity index is 1.97. The number of esters is 1. The van der Waals surface area contributed by atoms with Gasteiger partial charge in [-0.3, -0.25) is 4.72 Å². The number of hydrogen-bond donors (Lipinski definition) is 2. The van der Waals surface area contributed by atoms with Crippen LogP contribution < -0.4 is 4.72 Å². The van der Waals surface area contributed by atoms with Crippen LogP contribution in [0.25, 0.3) is 5.69 Å². The first kappa shape index (κ1) is 17.1. The molecule has 0 saturated carbocycles. The van der Waals surface area contributed by atoms with Crippen LogP contribution in [0, 0.1) is 0 Å². The molecule has 130 valence electrons. The Morgan fingerprint density at radius 3 is 2.64 bits per heavy atom. The van der Waals surface area contributed by atoms with Gasteiger partial charge in [-0.2, -0.15) is 0 Å². The summed E-state index contributed by atoms with van der Waals surface area (Å²) in [5.41, 5.74) is 0.968. The maximum Gasteiger partial charge on any atom is 0.354 e. The number of benzene rings is 1. The molecule has 0 radical (unpaired) electrons. The third-order valence-electron chi connectivity index (χ3n) is 3.46. The summed E-state index contributed by atoms with van der Waals surface area (Å²) in [5, 5.41) is 0.473. The lowest BCUT2D eigenvalue weighted by Gasteiger charge is -2.13. The average molecular weight is 380 g/mol. The van der Waals surface area contributed by atoms with E-state index < -0.39 is 16.0 Å². The second-order valence-corrected chi connectivity index (χ2v) is 7.22. The van der Waals surface area contributed by atoms with Crippen molar-refractivity contribution >= 4 is 33.3 Å². The van der Waals surface area contributed by atoms with Crippen molar-refractivity contribution < 1.29 is 17.9 Å². The highest BCUT2D eigenvalue weighted by Gasteiger charge is 2.20. The van der Waals surface area contributed by atoms with Crippen molar-refractivity contribution in [2.24, 2.45) is 0 Å². The molecule has 3 aromatic rings. The van der Waals surface area contributed by atoms with Gasteiger partial charge in [-0.15, -0.1) is 0 Å². The number of nitrogens with zero attached hydrogens (tertiary/aromatic N) is 1. The fourth-order valence-electron chi connectivity index (χ4n) is 2.26. The number of nitrogens with one attached hydrogen (secondary N) is 2. The second kappa shape index (κ2) is 6.66. The molecule has 3 rings (SSSR count). The third kappa shape index (κ3) is 3.54. The molecule has 0 saturated heterocycles. The number of H-pyrrole nitrogens is 1. The number of aromatic nitrogens is 2. The van der Waals surface area contributed by atoms with Gasteiger partial charge < -0.3 is 14.3 Å². The first-order valence-electron chi connectivity index (χ1n) is 7.13. The smallest absolute Gasteiger partial charge is 0.354 e. The van der Waals surface area contributed by atoms with Crippen LogP contribution in [0.15, 0.2) is 59.9 Å². The number of carbonyl (C=O) groups excluding carboxylic acids is 1. The number of halogens is 1. The van der Waals surface area contributed by atoms with E-state index in [1.807, 2.05) is 12.1 Å². The van der Waals surface area contributed by atoms with Gasteiger partial charge in [0.2, 0.25) is 0 Å². The molecule has 0 amide bonds. The summed E-state index contributed by atoms with van der Waals surface area (Å²) in [7, 11) is -2.69. The zero-order valence-corrected chi connectivity index (χ0v) is 14.6. The van der Waals surface area contributed by atoms with Crippen molar-refractivity contribution in [2.45, 2.75) is 4.90 Å². The molecule has 2 N–H and O–H groups in total. The van der Waals surface area contributed by atoms with Crippen molar-refractivity contribution in [3.8, 4) is 5.69 Å². The van der Waals surface area contributed by atoms with Gasteiger partial charge in [-0.25, -0.2) is 13.2 Å².